The fourth-order valence-electron chi connectivity index (χ4n) is 0.553. The maximum absolute atomic E-state index is 10.4. The Kier molecular flexibility index (Phi) is 1.24. The Morgan fingerprint density at radius 2 is 2.62 bits per heavy atom. The van der Waals surface area contributed by atoms with Crippen molar-refractivity contribution in [3.63, 3.8) is 0 Å². The summed E-state index contributed by atoms with van der Waals surface area (Å²) in [6, 6.07) is 0. The third kappa shape index (κ3) is 1.03. The second-order valence-corrected chi connectivity index (χ2v) is 1.82. The quantitative estimate of drug-likeness (QED) is 0.451. The summed E-state index contributed by atoms with van der Waals surface area (Å²) in [6.45, 7) is 1.88. The molecule has 2 heteroatoms. The zero-order valence-corrected chi connectivity index (χ0v) is 4.64. The Balaban J connectivity index is 2.73. The van der Waals surface area contributed by atoms with Crippen molar-refractivity contribution in [3.8, 4) is 0 Å². The van der Waals surface area contributed by atoms with Crippen molar-refractivity contribution in [1.82, 2.24) is 0 Å². The minimum atomic E-state index is -0.0231. The minimum Gasteiger partial charge on any atom is -0.292 e. The van der Waals surface area contributed by atoms with E-state index in [-0.39, 0.29) is 5.78 Å². The van der Waals surface area contributed by atoms with Crippen LogP contribution in [0.25, 0.3) is 0 Å². The number of ketones is 1. The third-order valence-corrected chi connectivity index (χ3v) is 0.914. The van der Waals surface area contributed by atoms with Crippen molar-refractivity contribution in [1.29, 1.82) is 0 Å². The zero-order valence-electron chi connectivity index (χ0n) is 4.64. The summed E-state index contributed by atoms with van der Waals surface area (Å²) in [5, 5.41) is 0. The molecule has 0 saturated heterocycles. The van der Waals surface area contributed by atoms with E-state index in [0.717, 1.165) is 5.57 Å². The molecule has 0 N–H and O–H groups in total. The van der Waals surface area contributed by atoms with Gasteiger partial charge in [0.05, 0.1) is 0 Å². The van der Waals surface area contributed by atoms with E-state index < -0.39 is 0 Å². The highest BCUT2D eigenvalue weighted by atomic mass is 16.1. The molecular formula is C6H6NO. The summed E-state index contributed by atoms with van der Waals surface area (Å²) in [4.78, 5) is 14.0. The highest BCUT2D eigenvalue weighted by Crippen LogP contribution is 2.03. The molecule has 0 aliphatic carbocycles. The smallest absolute Gasteiger partial charge is 0.187 e. The predicted octanol–water partition coefficient (Wildman–Crippen LogP) is 0.811. The van der Waals surface area contributed by atoms with Crippen LogP contribution in [-0.2, 0) is 4.79 Å². The maximum Gasteiger partial charge on any atom is 0.187 e. The molecule has 0 bridgehead atoms. The number of Topliss-reactive ketones (excluding diaryl/α,β-unsaturated/α-hetero) is 1. The van der Waals surface area contributed by atoms with Gasteiger partial charge in [-0.1, -0.05) is 0 Å². The number of carbonyl (C=O) groups excluding carboxylic acids is 1. The first kappa shape index (κ1) is 5.22. The Bertz CT molecular complexity index is 167. The van der Waals surface area contributed by atoms with Crippen molar-refractivity contribution in [2.24, 2.45) is 4.99 Å². The lowest BCUT2D eigenvalue weighted by atomic mass is 10.1. The Morgan fingerprint density at radius 1 is 1.88 bits per heavy atom. The van der Waals surface area contributed by atoms with Gasteiger partial charge in [-0.25, -0.2) is 0 Å². The summed E-state index contributed by atoms with van der Waals surface area (Å²) in [5.74, 6) is -0.0231. The summed E-state index contributed by atoms with van der Waals surface area (Å²) >= 11 is 0. The molecule has 1 aliphatic rings. The highest BCUT2D eigenvalue weighted by molar-refractivity contribution is 6.28. The average molecular weight is 108 g/mol. The molecule has 1 radical (unpaired) electrons. The fourth-order valence-corrected chi connectivity index (χ4v) is 0.553. The molecule has 1 rings (SSSR count). The van der Waals surface area contributed by atoms with Crippen molar-refractivity contribution in [2.45, 2.75) is 13.3 Å². The maximum atomic E-state index is 10.4. The molecular weight excluding hydrogens is 102 g/mol. The van der Waals surface area contributed by atoms with E-state index >= 15 is 0 Å². The van der Waals surface area contributed by atoms with Crippen LogP contribution in [0.2, 0.25) is 0 Å². The first-order chi connectivity index (χ1) is 3.79. The van der Waals surface area contributed by atoms with Crippen molar-refractivity contribution in [2.75, 3.05) is 0 Å². The summed E-state index contributed by atoms with van der Waals surface area (Å²) in [7, 11) is 0. The fraction of sp³-hybridized carbons (Fsp3) is 0.333. The van der Waals surface area contributed by atoms with Crippen LogP contribution in [0.15, 0.2) is 16.8 Å². The first-order valence-electron chi connectivity index (χ1n) is 2.43. The van der Waals surface area contributed by atoms with Gasteiger partial charge in [0.25, 0.3) is 0 Å². The number of hydrogen-bond acceptors (Lipinski definition) is 2. The third-order valence-electron chi connectivity index (χ3n) is 0.914. The number of aliphatic imine (C=N–C) groups is 1. The molecule has 1 aliphatic heterocycles. The highest BCUT2D eigenvalue weighted by Gasteiger charge is 2.02. The SMILES string of the molecule is CC1=CN=[C]C(=O)C1. The van der Waals surface area contributed by atoms with Gasteiger partial charge in [-0.3, -0.25) is 9.79 Å². The van der Waals surface area contributed by atoms with E-state index in [1.807, 2.05) is 6.92 Å². The van der Waals surface area contributed by atoms with Gasteiger partial charge in [0.2, 0.25) is 0 Å². The van der Waals surface area contributed by atoms with Gasteiger partial charge in [0, 0.05) is 12.6 Å². The van der Waals surface area contributed by atoms with E-state index in [2.05, 4.69) is 11.2 Å². The van der Waals surface area contributed by atoms with Gasteiger partial charge in [-0.2, -0.15) is 0 Å². The molecule has 1 heterocycles. The summed E-state index contributed by atoms with van der Waals surface area (Å²) < 4.78 is 0. The minimum absolute atomic E-state index is 0.0231. The second-order valence-electron chi connectivity index (χ2n) is 1.82. The number of allylic oxidation sites excluding steroid dienone is 1. The Hall–Kier alpha value is -0.920. The van der Waals surface area contributed by atoms with E-state index in [1.165, 1.54) is 0 Å². The molecule has 0 amide bonds. The van der Waals surface area contributed by atoms with E-state index in [0.29, 0.717) is 6.42 Å². The normalized spacial score (nSPS) is 18.6. The van der Waals surface area contributed by atoms with E-state index in [4.69, 9.17) is 0 Å². The van der Waals surface area contributed by atoms with Crippen molar-refractivity contribution < 1.29 is 4.79 Å². The van der Waals surface area contributed by atoms with Crippen LogP contribution in [0.1, 0.15) is 13.3 Å². The molecule has 41 valence electrons. The van der Waals surface area contributed by atoms with Gasteiger partial charge in [-0.05, 0) is 12.5 Å². The summed E-state index contributed by atoms with van der Waals surface area (Å²) in [5.41, 5.74) is 1.01. The van der Waals surface area contributed by atoms with E-state index in [9.17, 15) is 4.79 Å². The van der Waals surface area contributed by atoms with Crippen LogP contribution in [0.4, 0.5) is 0 Å². The first-order valence-corrected chi connectivity index (χ1v) is 2.43. The van der Waals surface area contributed by atoms with E-state index in [1.54, 1.807) is 6.20 Å². The Labute approximate surface area is 47.9 Å². The van der Waals surface area contributed by atoms with Crippen molar-refractivity contribution >= 4 is 12.0 Å². The molecule has 0 spiro atoms. The molecule has 0 atom stereocenters. The van der Waals surface area contributed by atoms with Crippen LogP contribution in [0.3, 0.4) is 0 Å². The Morgan fingerprint density at radius 3 is 3.00 bits per heavy atom. The van der Waals surface area contributed by atoms with Crippen molar-refractivity contribution in [3.05, 3.63) is 11.8 Å². The molecule has 0 aromatic carbocycles. The molecule has 2 nitrogen and oxygen atoms in total. The number of nitrogens with zero attached hydrogens (tertiary/aromatic N) is 1. The molecule has 0 aromatic heterocycles. The van der Waals surface area contributed by atoms with Crippen LogP contribution in [-0.4, -0.2) is 12.0 Å². The van der Waals surface area contributed by atoms with Crippen LogP contribution >= 0.6 is 0 Å². The standard InChI is InChI=1S/C6H6NO/c1-5-2-6(8)4-7-3-5/h3H,2H2,1H3. The second kappa shape index (κ2) is 1.90. The van der Waals surface area contributed by atoms with Crippen LogP contribution < -0.4 is 0 Å². The molecule has 8 heavy (non-hydrogen) atoms. The number of rotatable bonds is 0. The molecule has 0 fully saturated rings. The number of hydrogen-bond donors (Lipinski definition) is 0. The lowest BCUT2D eigenvalue weighted by Crippen LogP contribution is -2.02. The lowest BCUT2D eigenvalue weighted by Gasteiger charge is -1.96. The van der Waals surface area contributed by atoms with Gasteiger partial charge in [0.1, 0.15) is 6.21 Å². The molecule has 0 unspecified atom stereocenters. The monoisotopic (exact) mass is 108 g/mol. The average Bonchev–Trinajstić information content (AvgIpc) is 1.64. The predicted molar refractivity (Wildman–Crippen MR) is 30.8 cm³/mol. The largest absolute Gasteiger partial charge is 0.292 e. The zero-order chi connectivity index (χ0) is 5.98. The van der Waals surface area contributed by atoms with Gasteiger partial charge in [-0.15, -0.1) is 0 Å². The van der Waals surface area contributed by atoms with Gasteiger partial charge in [0.15, 0.2) is 5.78 Å². The number of carbonyl (C=O) groups is 1. The van der Waals surface area contributed by atoms with Crippen LogP contribution in [0, 0.1) is 0 Å². The topological polar surface area (TPSA) is 29.4 Å². The van der Waals surface area contributed by atoms with Gasteiger partial charge >= 0.3 is 0 Å². The van der Waals surface area contributed by atoms with Gasteiger partial charge < -0.3 is 0 Å². The summed E-state index contributed by atoms with van der Waals surface area (Å²) in [6.07, 6.45) is 4.47. The lowest BCUT2D eigenvalue weighted by molar-refractivity contribution is -0.112. The molecule has 0 aromatic rings. The molecule has 0 saturated carbocycles. The van der Waals surface area contributed by atoms with Crippen LogP contribution in [0.5, 0.6) is 0 Å².